The van der Waals surface area contributed by atoms with E-state index >= 15 is 0 Å². The highest BCUT2D eigenvalue weighted by Gasteiger charge is 2.21. The Hall–Kier alpha value is -3.59. The van der Waals surface area contributed by atoms with Gasteiger partial charge in [0.25, 0.3) is 15.9 Å². The number of para-hydroxylation sites is 1. The summed E-state index contributed by atoms with van der Waals surface area (Å²) >= 11 is 0. The molecule has 2 aromatic carbocycles. The molecule has 0 fully saturated rings. The Morgan fingerprint density at radius 3 is 2.52 bits per heavy atom. The molecular weight excluding hydrogens is 394 g/mol. The fourth-order valence-corrected chi connectivity index (χ4v) is 3.77. The molecule has 0 spiro atoms. The number of benzene rings is 2. The molecule has 0 atom stereocenters. The summed E-state index contributed by atoms with van der Waals surface area (Å²) in [5.74, 6) is -0.539. The molecular formula is C20H19N3O5S. The molecule has 1 N–H and O–H groups in total. The molecule has 3 aromatic rings. The first-order valence-electron chi connectivity index (χ1n) is 8.63. The summed E-state index contributed by atoms with van der Waals surface area (Å²) in [5.41, 5.74) is 0.813. The van der Waals surface area contributed by atoms with E-state index in [1.165, 1.54) is 41.8 Å². The maximum Gasteiger partial charge on any atom is 0.379 e. The second-order valence-corrected chi connectivity index (χ2v) is 8.01. The normalized spacial score (nSPS) is 10.9. The standard InChI is InChI=1S/C20H19N3O5S/c1-22(17-9-3-2-4-10-17)29(26,27)18-11-7-8-16(14-18)21-19(24)15-28-20-12-5-6-13-23(20)25/h2-14H,15H2,1H3,(H,21,24). The largest absolute Gasteiger partial charge is 0.616 e. The van der Waals surface area contributed by atoms with E-state index in [4.69, 9.17) is 4.74 Å². The monoisotopic (exact) mass is 413 g/mol. The molecule has 0 saturated heterocycles. The molecule has 1 amide bonds. The number of sulfonamides is 1. The summed E-state index contributed by atoms with van der Waals surface area (Å²) in [6.07, 6.45) is 1.25. The van der Waals surface area contributed by atoms with Crippen molar-refractivity contribution in [3.8, 4) is 5.88 Å². The van der Waals surface area contributed by atoms with Gasteiger partial charge in [-0.25, -0.2) is 8.42 Å². The summed E-state index contributed by atoms with van der Waals surface area (Å²) in [6, 6.07) is 19.2. The maximum absolute atomic E-state index is 12.9. The van der Waals surface area contributed by atoms with E-state index in [-0.39, 0.29) is 10.8 Å². The third kappa shape index (κ3) is 4.82. The molecule has 3 rings (SSSR count). The lowest BCUT2D eigenvalue weighted by Gasteiger charge is -2.19. The average molecular weight is 413 g/mol. The van der Waals surface area contributed by atoms with E-state index in [9.17, 15) is 18.4 Å². The van der Waals surface area contributed by atoms with Crippen LogP contribution in [-0.4, -0.2) is 28.0 Å². The van der Waals surface area contributed by atoms with Crippen LogP contribution in [0.1, 0.15) is 0 Å². The fraction of sp³-hybridized carbons (Fsp3) is 0.100. The van der Waals surface area contributed by atoms with Gasteiger partial charge < -0.3 is 15.3 Å². The Morgan fingerprint density at radius 2 is 1.79 bits per heavy atom. The molecule has 0 aliphatic heterocycles. The summed E-state index contributed by atoms with van der Waals surface area (Å²) in [7, 11) is -2.34. The fourth-order valence-electron chi connectivity index (χ4n) is 2.53. The van der Waals surface area contributed by atoms with Gasteiger partial charge in [-0.15, -0.1) is 4.73 Å². The average Bonchev–Trinajstić information content (AvgIpc) is 2.73. The lowest BCUT2D eigenvalue weighted by atomic mass is 10.3. The third-order valence-corrected chi connectivity index (χ3v) is 5.82. The van der Waals surface area contributed by atoms with E-state index in [1.54, 1.807) is 48.5 Å². The van der Waals surface area contributed by atoms with E-state index in [2.05, 4.69) is 5.32 Å². The highest BCUT2D eigenvalue weighted by molar-refractivity contribution is 7.92. The molecule has 1 aromatic heterocycles. The zero-order valence-electron chi connectivity index (χ0n) is 15.6. The highest BCUT2D eigenvalue weighted by Crippen LogP contribution is 2.23. The minimum absolute atomic E-state index is 0.0107. The van der Waals surface area contributed by atoms with Crippen molar-refractivity contribution < 1.29 is 22.7 Å². The Bertz CT molecular complexity index is 1100. The minimum Gasteiger partial charge on any atom is -0.616 e. The van der Waals surface area contributed by atoms with Crippen molar-refractivity contribution in [1.82, 2.24) is 0 Å². The second kappa shape index (κ2) is 8.61. The number of anilines is 2. The number of rotatable bonds is 7. The molecule has 8 nitrogen and oxygen atoms in total. The van der Waals surface area contributed by atoms with Crippen LogP contribution >= 0.6 is 0 Å². The topological polar surface area (TPSA) is 103 Å². The zero-order chi connectivity index (χ0) is 20.9. The number of amides is 1. The van der Waals surface area contributed by atoms with Crippen LogP contribution in [0.3, 0.4) is 0 Å². The van der Waals surface area contributed by atoms with E-state index in [0.29, 0.717) is 16.1 Å². The number of hydrogen-bond donors (Lipinski definition) is 1. The Kier molecular flexibility index (Phi) is 5.99. The van der Waals surface area contributed by atoms with Gasteiger partial charge >= 0.3 is 5.88 Å². The van der Waals surface area contributed by atoms with Crippen molar-refractivity contribution in [1.29, 1.82) is 0 Å². The Morgan fingerprint density at radius 1 is 1.07 bits per heavy atom. The molecule has 0 unspecified atom stereocenters. The quantitative estimate of drug-likeness (QED) is 0.472. The SMILES string of the molecule is CN(c1ccccc1)S(=O)(=O)c1cccc(NC(=O)COc2cccc[n+]2[O-])c1. The lowest BCUT2D eigenvalue weighted by Crippen LogP contribution is -2.30. The van der Waals surface area contributed by atoms with Crippen LogP contribution in [0, 0.1) is 5.21 Å². The first kappa shape index (κ1) is 20.2. The number of carbonyl (C=O) groups excluding carboxylic acids is 1. The number of pyridine rings is 1. The van der Waals surface area contributed by atoms with Crippen LogP contribution in [0.15, 0.2) is 83.9 Å². The predicted molar refractivity (Wildman–Crippen MR) is 108 cm³/mol. The first-order valence-corrected chi connectivity index (χ1v) is 10.1. The van der Waals surface area contributed by atoms with Gasteiger partial charge in [0.2, 0.25) is 0 Å². The molecule has 0 bridgehead atoms. The van der Waals surface area contributed by atoms with Gasteiger partial charge in [0.15, 0.2) is 12.8 Å². The number of carbonyl (C=O) groups is 1. The summed E-state index contributed by atoms with van der Waals surface area (Å²) in [4.78, 5) is 12.1. The summed E-state index contributed by atoms with van der Waals surface area (Å²) in [6.45, 7) is -0.396. The van der Waals surface area contributed by atoms with Crippen LogP contribution in [0.2, 0.25) is 0 Å². The van der Waals surface area contributed by atoms with Crippen molar-refractivity contribution in [3.05, 3.63) is 84.2 Å². The lowest BCUT2D eigenvalue weighted by molar-refractivity contribution is -0.612. The van der Waals surface area contributed by atoms with Gasteiger partial charge in [0.1, 0.15) is 0 Å². The van der Waals surface area contributed by atoms with Crippen LogP contribution in [0.5, 0.6) is 5.88 Å². The first-order chi connectivity index (χ1) is 13.9. The van der Waals surface area contributed by atoms with Gasteiger partial charge in [-0.3, -0.25) is 9.10 Å². The highest BCUT2D eigenvalue weighted by atomic mass is 32.2. The predicted octanol–water partition coefficient (Wildman–Crippen LogP) is 2.16. The summed E-state index contributed by atoms with van der Waals surface area (Å²) < 4.78 is 32.6. The number of aromatic nitrogens is 1. The van der Waals surface area contributed by atoms with Crippen molar-refractivity contribution in [2.45, 2.75) is 4.90 Å². The van der Waals surface area contributed by atoms with Gasteiger partial charge in [-0.05, 0) is 36.4 Å². The number of ether oxygens (including phenoxy) is 1. The molecule has 29 heavy (non-hydrogen) atoms. The van der Waals surface area contributed by atoms with Crippen molar-refractivity contribution in [3.63, 3.8) is 0 Å². The molecule has 150 valence electrons. The zero-order valence-corrected chi connectivity index (χ0v) is 16.4. The molecule has 0 aliphatic rings. The van der Waals surface area contributed by atoms with Crippen LogP contribution < -0.4 is 19.1 Å². The van der Waals surface area contributed by atoms with E-state index in [0.717, 1.165) is 0 Å². The number of nitrogens with zero attached hydrogens (tertiary/aromatic N) is 2. The van der Waals surface area contributed by atoms with Crippen LogP contribution in [0.25, 0.3) is 0 Å². The van der Waals surface area contributed by atoms with E-state index < -0.39 is 22.5 Å². The van der Waals surface area contributed by atoms with Crippen LogP contribution in [-0.2, 0) is 14.8 Å². The second-order valence-electron chi connectivity index (χ2n) is 6.04. The third-order valence-electron chi connectivity index (χ3n) is 4.04. The van der Waals surface area contributed by atoms with Gasteiger partial charge in [0.05, 0.1) is 16.6 Å². The Labute approximate surface area is 168 Å². The van der Waals surface area contributed by atoms with E-state index in [1.807, 2.05) is 0 Å². The molecule has 0 aliphatic carbocycles. The van der Waals surface area contributed by atoms with Crippen LogP contribution in [0.4, 0.5) is 11.4 Å². The van der Waals surface area contributed by atoms with Crippen molar-refractivity contribution in [2.75, 3.05) is 23.3 Å². The van der Waals surface area contributed by atoms with Crippen molar-refractivity contribution >= 4 is 27.3 Å². The molecule has 9 heteroatoms. The maximum atomic E-state index is 12.9. The molecule has 0 saturated carbocycles. The van der Waals surface area contributed by atoms with Gasteiger partial charge in [-0.2, -0.15) is 0 Å². The van der Waals surface area contributed by atoms with Gasteiger partial charge in [-0.1, -0.05) is 24.3 Å². The smallest absolute Gasteiger partial charge is 0.379 e. The molecule has 0 radical (unpaired) electrons. The Balaban J connectivity index is 1.70. The van der Waals surface area contributed by atoms with Gasteiger partial charge in [0, 0.05) is 18.8 Å². The summed E-state index contributed by atoms with van der Waals surface area (Å²) in [5, 5.41) is 14.1. The van der Waals surface area contributed by atoms with Crippen molar-refractivity contribution in [2.24, 2.45) is 0 Å². The minimum atomic E-state index is -3.81. The number of nitrogens with one attached hydrogen (secondary N) is 1. The molecule has 1 heterocycles. The number of hydrogen-bond acceptors (Lipinski definition) is 5.